The number of aromatic nitrogens is 1. The summed E-state index contributed by atoms with van der Waals surface area (Å²) in [6, 6.07) is 12.4. The van der Waals surface area contributed by atoms with Crippen LogP contribution in [0.25, 0.3) is 0 Å². The highest BCUT2D eigenvalue weighted by atomic mass is 16.5. The Labute approximate surface area is 156 Å². The second-order valence-electron chi connectivity index (χ2n) is 5.84. The van der Waals surface area contributed by atoms with Crippen LogP contribution < -0.4 is 10.6 Å². The van der Waals surface area contributed by atoms with Gasteiger partial charge in [-0.2, -0.15) is 0 Å². The van der Waals surface area contributed by atoms with Crippen LogP contribution in [0, 0.1) is 0 Å². The molecular weight excluding hydrogens is 328 g/mol. The van der Waals surface area contributed by atoms with E-state index >= 15 is 0 Å². The average Bonchev–Trinajstić information content (AvgIpc) is 3.18. The quantitative estimate of drug-likeness (QED) is 0.368. The first-order chi connectivity index (χ1) is 12.8. The molecule has 2 rings (SSSR count). The van der Waals surface area contributed by atoms with Crippen LogP contribution in [0.15, 0.2) is 53.8 Å². The molecule has 0 spiro atoms. The third kappa shape index (κ3) is 7.72. The molecule has 26 heavy (non-hydrogen) atoms. The molecule has 1 aromatic heterocycles. The third-order valence-corrected chi connectivity index (χ3v) is 3.85. The van der Waals surface area contributed by atoms with Gasteiger partial charge in [0, 0.05) is 45.7 Å². The fraction of sp³-hybridized carbons (Fsp3) is 0.450. The van der Waals surface area contributed by atoms with Crippen LogP contribution in [-0.4, -0.2) is 43.9 Å². The van der Waals surface area contributed by atoms with Crippen molar-refractivity contribution >= 4 is 5.96 Å². The van der Waals surface area contributed by atoms with E-state index in [0.717, 1.165) is 37.8 Å². The summed E-state index contributed by atoms with van der Waals surface area (Å²) in [5.74, 6) is 0.801. The number of benzene rings is 1. The number of ether oxygens (including phenoxy) is 2. The van der Waals surface area contributed by atoms with Crippen molar-refractivity contribution < 1.29 is 9.47 Å². The Bertz CT molecular complexity index is 641. The second kappa shape index (κ2) is 12.1. The molecular formula is C20H30N4O2. The molecule has 1 heterocycles. The molecule has 0 aliphatic rings. The van der Waals surface area contributed by atoms with Gasteiger partial charge in [-0.05, 0) is 30.2 Å². The van der Waals surface area contributed by atoms with Crippen LogP contribution in [0.2, 0.25) is 0 Å². The molecule has 0 unspecified atom stereocenters. The van der Waals surface area contributed by atoms with Crippen LogP contribution in [0.4, 0.5) is 0 Å². The molecule has 1 aromatic carbocycles. The maximum absolute atomic E-state index is 5.63. The minimum absolute atomic E-state index is 0.602. The monoisotopic (exact) mass is 358 g/mol. The fourth-order valence-electron chi connectivity index (χ4n) is 2.51. The standard InChI is InChI=1S/C20H30N4O2/c1-3-25-13-14-26-17-19-8-6-7-18(15-19)16-23-20(21-2)22-9-12-24-10-4-5-11-24/h4-8,10-11,15H,3,9,12-14,16-17H2,1-2H3,(H2,21,22,23). The predicted octanol–water partition coefficient (Wildman–Crippen LogP) is 2.41. The summed E-state index contributed by atoms with van der Waals surface area (Å²) in [4.78, 5) is 4.27. The van der Waals surface area contributed by atoms with Gasteiger partial charge in [0.2, 0.25) is 0 Å². The summed E-state index contributed by atoms with van der Waals surface area (Å²) in [6.45, 7) is 7.02. The zero-order chi connectivity index (χ0) is 18.5. The smallest absolute Gasteiger partial charge is 0.191 e. The molecule has 0 amide bonds. The van der Waals surface area contributed by atoms with Gasteiger partial charge < -0.3 is 24.7 Å². The molecule has 2 N–H and O–H groups in total. The van der Waals surface area contributed by atoms with Crippen LogP contribution in [0.1, 0.15) is 18.1 Å². The van der Waals surface area contributed by atoms with Crippen molar-refractivity contribution in [2.45, 2.75) is 26.6 Å². The molecule has 0 bridgehead atoms. The summed E-state index contributed by atoms with van der Waals surface area (Å²) in [6.07, 6.45) is 4.11. The topological polar surface area (TPSA) is 59.8 Å². The first-order valence-corrected chi connectivity index (χ1v) is 9.10. The van der Waals surface area contributed by atoms with Crippen molar-refractivity contribution in [1.29, 1.82) is 0 Å². The molecule has 0 aliphatic heterocycles. The number of hydrogen-bond donors (Lipinski definition) is 2. The van der Waals surface area contributed by atoms with Gasteiger partial charge in [-0.25, -0.2) is 0 Å². The Morgan fingerprint density at radius 3 is 2.58 bits per heavy atom. The minimum Gasteiger partial charge on any atom is -0.379 e. The summed E-state index contributed by atoms with van der Waals surface area (Å²) in [5, 5.41) is 6.67. The molecule has 142 valence electrons. The molecule has 0 aliphatic carbocycles. The lowest BCUT2D eigenvalue weighted by atomic mass is 10.1. The van der Waals surface area contributed by atoms with Crippen molar-refractivity contribution in [3.63, 3.8) is 0 Å². The lowest BCUT2D eigenvalue weighted by Crippen LogP contribution is -2.38. The molecule has 0 atom stereocenters. The van der Waals surface area contributed by atoms with Gasteiger partial charge in [-0.3, -0.25) is 4.99 Å². The molecule has 6 nitrogen and oxygen atoms in total. The SMILES string of the molecule is CCOCCOCc1cccc(CNC(=NC)NCCn2cccc2)c1. The number of aliphatic imine (C=N–C) groups is 1. The summed E-state index contributed by atoms with van der Waals surface area (Å²) >= 11 is 0. The first-order valence-electron chi connectivity index (χ1n) is 9.10. The van der Waals surface area contributed by atoms with Crippen LogP contribution >= 0.6 is 0 Å². The van der Waals surface area contributed by atoms with Crippen LogP contribution in [0.5, 0.6) is 0 Å². The Morgan fingerprint density at radius 1 is 1.04 bits per heavy atom. The van der Waals surface area contributed by atoms with Gasteiger partial charge in [0.25, 0.3) is 0 Å². The summed E-state index contributed by atoms with van der Waals surface area (Å²) in [7, 11) is 1.79. The lowest BCUT2D eigenvalue weighted by Gasteiger charge is -2.13. The number of hydrogen-bond acceptors (Lipinski definition) is 3. The predicted molar refractivity (Wildman–Crippen MR) is 105 cm³/mol. The fourth-order valence-corrected chi connectivity index (χ4v) is 2.51. The Morgan fingerprint density at radius 2 is 1.81 bits per heavy atom. The molecule has 0 radical (unpaired) electrons. The highest BCUT2D eigenvalue weighted by Crippen LogP contribution is 2.06. The second-order valence-corrected chi connectivity index (χ2v) is 5.84. The maximum atomic E-state index is 5.63. The summed E-state index contributed by atoms with van der Waals surface area (Å²) in [5.41, 5.74) is 2.36. The highest BCUT2D eigenvalue weighted by molar-refractivity contribution is 5.79. The summed E-state index contributed by atoms with van der Waals surface area (Å²) < 4.78 is 13.0. The zero-order valence-corrected chi connectivity index (χ0v) is 15.8. The van der Waals surface area contributed by atoms with Crippen LogP contribution in [-0.2, 0) is 29.2 Å². The van der Waals surface area contributed by atoms with Crippen molar-refractivity contribution in [1.82, 2.24) is 15.2 Å². The van der Waals surface area contributed by atoms with Crippen molar-refractivity contribution in [3.8, 4) is 0 Å². The molecule has 0 saturated carbocycles. The van der Waals surface area contributed by atoms with Gasteiger partial charge >= 0.3 is 0 Å². The maximum Gasteiger partial charge on any atom is 0.191 e. The van der Waals surface area contributed by atoms with E-state index in [1.807, 2.05) is 19.1 Å². The average molecular weight is 358 g/mol. The molecule has 0 fully saturated rings. The zero-order valence-electron chi connectivity index (χ0n) is 15.8. The van der Waals surface area contributed by atoms with Crippen molar-refractivity contribution in [2.24, 2.45) is 4.99 Å². The number of guanidine groups is 1. The third-order valence-electron chi connectivity index (χ3n) is 3.85. The number of nitrogens with zero attached hydrogens (tertiary/aromatic N) is 2. The van der Waals surface area contributed by atoms with E-state index in [1.54, 1.807) is 7.05 Å². The Hall–Kier alpha value is -2.31. The number of nitrogens with one attached hydrogen (secondary N) is 2. The number of rotatable bonds is 11. The van der Waals surface area contributed by atoms with Gasteiger partial charge in [0.1, 0.15) is 0 Å². The van der Waals surface area contributed by atoms with Gasteiger partial charge in [0.15, 0.2) is 5.96 Å². The highest BCUT2D eigenvalue weighted by Gasteiger charge is 2.00. The largest absolute Gasteiger partial charge is 0.379 e. The molecule has 2 aromatic rings. The minimum atomic E-state index is 0.602. The van der Waals surface area contributed by atoms with Crippen LogP contribution in [0.3, 0.4) is 0 Å². The molecule has 0 saturated heterocycles. The lowest BCUT2D eigenvalue weighted by molar-refractivity contribution is 0.0453. The van der Waals surface area contributed by atoms with Gasteiger partial charge in [0.05, 0.1) is 19.8 Å². The van der Waals surface area contributed by atoms with E-state index < -0.39 is 0 Å². The Kier molecular flexibility index (Phi) is 9.32. The van der Waals surface area contributed by atoms with Gasteiger partial charge in [-0.15, -0.1) is 0 Å². The van der Waals surface area contributed by atoms with Crippen molar-refractivity contribution in [2.75, 3.05) is 33.4 Å². The Balaban J connectivity index is 1.70. The van der Waals surface area contributed by atoms with E-state index in [-0.39, 0.29) is 0 Å². The van der Waals surface area contributed by atoms with E-state index in [9.17, 15) is 0 Å². The first kappa shape index (κ1) is 20.0. The van der Waals surface area contributed by atoms with E-state index in [0.29, 0.717) is 19.8 Å². The van der Waals surface area contributed by atoms with E-state index in [4.69, 9.17) is 9.47 Å². The van der Waals surface area contributed by atoms with Gasteiger partial charge in [-0.1, -0.05) is 24.3 Å². The van der Waals surface area contributed by atoms with E-state index in [1.165, 1.54) is 5.56 Å². The van der Waals surface area contributed by atoms with Crippen molar-refractivity contribution in [3.05, 3.63) is 59.9 Å². The van der Waals surface area contributed by atoms with E-state index in [2.05, 4.69) is 56.9 Å². The normalized spacial score (nSPS) is 11.5. The molecule has 6 heteroatoms.